The highest BCUT2D eigenvalue weighted by Crippen LogP contribution is 2.47. The Bertz CT molecular complexity index is 730. The summed E-state index contributed by atoms with van der Waals surface area (Å²) in [6.45, 7) is 2.11. The van der Waals surface area contributed by atoms with E-state index in [1.807, 2.05) is 31.3 Å². The number of hydrogen-bond donors (Lipinski definition) is 1. The zero-order valence-electron chi connectivity index (χ0n) is 13.6. The molecule has 23 heavy (non-hydrogen) atoms. The van der Waals surface area contributed by atoms with Crippen molar-refractivity contribution in [3.63, 3.8) is 0 Å². The normalized spacial score (nSPS) is 16.9. The first-order chi connectivity index (χ1) is 11.1. The van der Waals surface area contributed by atoms with Crippen LogP contribution in [0.25, 0.3) is 0 Å². The maximum absolute atomic E-state index is 13.3. The minimum Gasteiger partial charge on any atom is -0.508 e. The molecule has 2 aromatic rings. The zero-order valence-corrected chi connectivity index (χ0v) is 13.6. The Kier molecular flexibility index (Phi) is 4.20. The van der Waals surface area contributed by atoms with Crippen molar-refractivity contribution in [3.05, 3.63) is 65.0 Å². The molecule has 3 heteroatoms. The predicted octanol–water partition coefficient (Wildman–Crippen LogP) is 4.63. The van der Waals surface area contributed by atoms with E-state index in [0.29, 0.717) is 0 Å². The molecule has 0 atom stereocenters. The van der Waals surface area contributed by atoms with Crippen molar-refractivity contribution in [1.82, 2.24) is 0 Å². The Balaban J connectivity index is 2.13. The molecule has 1 saturated carbocycles. The SMILES string of the molecule is CCc1ccc(O)cc1C(=NC)C1(c2ccc(F)cc2)CCC1. The number of aromatic hydroxyl groups is 1. The maximum Gasteiger partial charge on any atom is 0.123 e. The summed E-state index contributed by atoms with van der Waals surface area (Å²) in [5.74, 6) is 0.0387. The molecule has 1 fully saturated rings. The van der Waals surface area contributed by atoms with Crippen LogP contribution in [0.5, 0.6) is 5.75 Å². The van der Waals surface area contributed by atoms with Crippen molar-refractivity contribution in [2.24, 2.45) is 4.99 Å². The van der Waals surface area contributed by atoms with Crippen LogP contribution >= 0.6 is 0 Å². The van der Waals surface area contributed by atoms with Crippen molar-refractivity contribution < 1.29 is 9.50 Å². The first-order valence-corrected chi connectivity index (χ1v) is 8.16. The number of phenols is 1. The molecule has 0 spiro atoms. The molecule has 0 amide bonds. The molecule has 1 N–H and O–H groups in total. The number of halogens is 1. The smallest absolute Gasteiger partial charge is 0.123 e. The van der Waals surface area contributed by atoms with E-state index in [1.54, 1.807) is 6.07 Å². The number of nitrogens with zero attached hydrogens (tertiary/aromatic N) is 1. The van der Waals surface area contributed by atoms with Crippen LogP contribution in [0.1, 0.15) is 42.9 Å². The van der Waals surface area contributed by atoms with Crippen LogP contribution in [-0.4, -0.2) is 17.9 Å². The highest BCUT2D eigenvalue weighted by atomic mass is 19.1. The topological polar surface area (TPSA) is 32.6 Å². The van der Waals surface area contributed by atoms with Gasteiger partial charge in [0.25, 0.3) is 0 Å². The first kappa shape index (κ1) is 15.7. The molecular formula is C20H22FNO. The molecule has 1 aliphatic rings. The van der Waals surface area contributed by atoms with Crippen molar-refractivity contribution in [3.8, 4) is 5.75 Å². The van der Waals surface area contributed by atoms with Crippen molar-refractivity contribution in [2.45, 2.75) is 38.0 Å². The van der Waals surface area contributed by atoms with Gasteiger partial charge in [-0.3, -0.25) is 4.99 Å². The van der Waals surface area contributed by atoms with Crippen LogP contribution in [0.3, 0.4) is 0 Å². The van der Waals surface area contributed by atoms with Gasteiger partial charge in [-0.2, -0.15) is 0 Å². The first-order valence-electron chi connectivity index (χ1n) is 8.16. The van der Waals surface area contributed by atoms with Crippen molar-refractivity contribution in [2.75, 3.05) is 7.05 Å². The molecule has 0 unspecified atom stereocenters. The Morgan fingerprint density at radius 2 is 1.87 bits per heavy atom. The van der Waals surface area contributed by atoms with Gasteiger partial charge < -0.3 is 5.11 Å². The second-order valence-electron chi connectivity index (χ2n) is 6.21. The van der Waals surface area contributed by atoms with Gasteiger partial charge in [0.2, 0.25) is 0 Å². The number of rotatable bonds is 4. The Morgan fingerprint density at radius 3 is 2.39 bits per heavy atom. The van der Waals surface area contributed by atoms with Gasteiger partial charge in [0.15, 0.2) is 0 Å². The molecule has 1 aliphatic carbocycles. The third-order valence-electron chi connectivity index (χ3n) is 5.01. The lowest BCUT2D eigenvalue weighted by Crippen LogP contribution is -2.43. The molecule has 0 saturated heterocycles. The Labute approximate surface area is 136 Å². The number of aryl methyl sites for hydroxylation is 1. The molecule has 3 rings (SSSR count). The number of aliphatic imine (C=N–C) groups is 1. The standard InChI is InChI=1S/C20H22FNO/c1-3-14-5-10-17(23)13-18(14)19(22-2)20(11-4-12-20)15-6-8-16(21)9-7-15/h5-10,13,23H,3-4,11-12H2,1-2H3. The zero-order chi connectivity index (χ0) is 16.4. The van der Waals surface area contributed by atoms with Crippen LogP contribution in [0.15, 0.2) is 47.5 Å². The van der Waals surface area contributed by atoms with Gasteiger partial charge >= 0.3 is 0 Å². The molecular weight excluding hydrogens is 289 g/mol. The second kappa shape index (κ2) is 6.15. The molecule has 0 radical (unpaired) electrons. The molecule has 0 aliphatic heterocycles. The third kappa shape index (κ3) is 2.65. The Hall–Kier alpha value is -2.16. The van der Waals surface area contributed by atoms with Crippen LogP contribution in [0, 0.1) is 5.82 Å². The van der Waals surface area contributed by atoms with Gasteiger partial charge in [-0.05, 0) is 54.7 Å². The van der Waals surface area contributed by atoms with Gasteiger partial charge in [-0.25, -0.2) is 4.39 Å². The van der Waals surface area contributed by atoms with E-state index >= 15 is 0 Å². The molecule has 2 nitrogen and oxygen atoms in total. The molecule has 0 heterocycles. The Morgan fingerprint density at radius 1 is 1.17 bits per heavy atom. The van der Waals surface area contributed by atoms with Gasteiger partial charge in [0, 0.05) is 18.0 Å². The lowest BCUT2D eigenvalue weighted by Gasteiger charge is -2.44. The van der Waals surface area contributed by atoms with E-state index in [4.69, 9.17) is 0 Å². The predicted molar refractivity (Wildman–Crippen MR) is 91.9 cm³/mol. The molecule has 2 aromatic carbocycles. The van der Waals surface area contributed by atoms with Gasteiger partial charge in [-0.15, -0.1) is 0 Å². The van der Waals surface area contributed by atoms with Crippen molar-refractivity contribution in [1.29, 1.82) is 0 Å². The molecule has 120 valence electrons. The number of hydrogen-bond acceptors (Lipinski definition) is 2. The summed E-state index contributed by atoms with van der Waals surface area (Å²) in [6.07, 6.45) is 4.03. The van der Waals surface area contributed by atoms with E-state index in [9.17, 15) is 9.50 Å². The largest absolute Gasteiger partial charge is 0.508 e. The van der Waals surface area contributed by atoms with Crippen LogP contribution in [0.2, 0.25) is 0 Å². The highest BCUT2D eigenvalue weighted by Gasteiger charge is 2.44. The maximum atomic E-state index is 13.3. The minimum absolute atomic E-state index is 0.167. The monoisotopic (exact) mass is 311 g/mol. The summed E-state index contributed by atoms with van der Waals surface area (Å²) < 4.78 is 13.3. The van der Waals surface area contributed by atoms with Gasteiger partial charge in [-0.1, -0.05) is 31.5 Å². The lowest BCUT2D eigenvalue weighted by molar-refractivity contribution is 0.340. The van der Waals surface area contributed by atoms with Gasteiger partial charge in [0.05, 0.1) is 5.71 Å². The van der Waals surface area contributed by atoms with Gasteiger partial charge in [0.1, 0.15) is 11.6 Å². The van der Waals surface area contributed by atoms with Crippen LogP contribution < -0.4 is 0 Å². The van der Waals surface area contributed by atoms with Crippen LogP contribution in [-0.2, 0) is 11.8 Å². The fourth-order valence-corrected chi connectivity index (χ4v) is 3.65. The third-order valence-corrected chi connectivity index (χ3v) is 5.01. The average Bonchev–Trinajstić information content (AvgIpc) is 2.52. The van der Waals surface area contributed by atoms with Crippen LogP contribution in [0.4, 0.5) is 4.39 Å². The lowest BCUT2D eigenvalue weighted by atomic mass is 9.60. The summed E-state index contributed by atoms with van der Waals surface area (Å²) in [5, 5.41) is 9.94. The average molecular weight is 311 g/mol. The fourth-order valence-electron chi connectivity index (χ4n) is 3.65. The summed E-state index contributed by atoms with van der Waals surface area (Å²) in [6, 6.07) is 12.3. The summed E-state index contributed by atoms with van der Waals surface area (Å²) in [5.41, 5.74) is 4.13. The van der Waals surface area contributed by atoms with E-state index < -0.39 is 0 Å². The molecule has 0 bridgehead atoms. The molecule has 0 aromatic heterocycles. The summed E-state index contributed by atoms with van der Waals surface area (Å²) >= 11 is 0. The quantitative estimate of drug-likeness (QED) is 0.820. The second-order valence-corrected chi connectivity index (χ2v) is 6.21. The van der Waals surface area contributed by atoms with E-state index in [1.165, 1.54) is 17.7 Å². The summed E-state index contributed by atoms with van der Waals surface area (Å²) in [4.78, 5) is 4.61. The van der Waals surface area contributed by atoms with E-state index in [0.717, 1.165) is 42.5 Å². The minimum atomic E-state index is -0.218. The summed E-state index contributed by atoms with van der Waals surface area (Å²) in [7, 11) is 1.81. The van der Waals surface area contributed by atoms with Crippen molar-refractivity contribution >= 4 is 5.71 Å². The number of benzene rings is 2. The number of phenolic OH excluding ortho intramolecular Hbond substituents is 1. The highest BCUT2D eigenvalue weighted by molar-refractivity contribution is 6.10. The van der Waals surface area contributed by atoms with E-state index in [2.05, 4.69) is 11.9 Å². The fraction of sp³-hybridized carbons (Fsp3) is 0.350. The van der Waals surface area contributed by atoms with E-state index in [-0.39, 0.29) is 17.0 Å².